The molecule has 6 nitrogen and oxygen atoms in total. The van der Waals surface area contributed by atoms with Crippen molar-refractivity contribution in [2.75, 3.05) is 21.3 Å². The van der Waals surface area contributed by atoms with E-state index in [1.807, 2.05) is 6.92 Å². The van der Waals surface area contributed by atoms with E-state index in [-0.39, 0.29) is 12.3 Å². The summed E-state index contributed by atoms with van der Waals surface area (Å²) in [6.45, 7) is 7.07. The standard InChI is InChI=1S/C24H30FNO5/c1-7-13-24(3,25)16-14-17(8-2)26-20(15-16)31-19-12-10-9-11-18(19)21(22(27)28-4)23(29-5)30-6/h7,9-12,14-15,21,23H,1,8,13H2,2-6H3. The Kier molecular flexibility index (Phi) is 8.71. The largest absolute Gasteiger partial charge is 0.468 e. The molecule has 0 aliphatic rings. The van der Waals surface area contributed by atoms with Crippen molar-refractivity contribution < 1.29 is 28.1 Å². The molecule has 0 aliphatic carbocycles. The number of aromatic nitrogens is 1. The van der Waals surface area contributed by atoms with Crippen LogP contribution in [-0.2, 0) is 31.1 Å². The third-order valence-corrected chi connectivity index (χ3v) is 5.01. The number of aryl methyl sites for hydroxylation is 1. The average Bonchev–Trinajstić information content (AvgIpc) is 2.77. The number of para-hydroxylation sites is 1. The van der Waals surface area contributed by atoms with Crippen molar-refractivity contribution in [2.45, 2.75) is 44.6 Å². The fourth-order valence-corrected chi connectivity index (χ4v) is 3.31. The minimum Gasteiger partial charge on any atom is -0.468 e. The molecular formula is C24H30FNO5. The molecule has 0 saturated heterocycles. The molecule has 0 fully saturated rings. The van der Waals surface area contributed by atoms with Gasteiger partial charge in [-0.3, -0.25) is 4.79 Å². The second-order valence-corrected chi connectivity index (χ2v) is 7.21. The van der Waals surface area contributed by atoms with Gasteiger partial charge in [-0.25, -0.2) is 9.37 Å². The van der Waals surface area contributed by atoms with Gasteiger partial charge >= 0.3 is 5.97 Å². The summed E-state index contributed by atoms with van der Waals surface area (Å²) < 4.78 is 36.8. The van der Waals surface area contributed by atoms with Crippen molar-refractivity contribution in [1.82, 2.24) is 4.98 Å². The van der Waals surface area contributed by atoms with Gasteiger partial charge in [-0.2, -0.15) is 0 Å². The second kappa shape index (κ2) is 11.0. The van der Waals surface area contributed by atoms with Crippen molar-refractivity contribution in [3.05, 3.63) is 65.9 Å². The molecule has 2 atom stereocenters. The molecule has 1 aromatic heterocycles. The van der Waals surface area contributed by atoms with Gasteiger partial charge < -0.3 is 18.9 Å². The third kappa shape index (κ3) is 5.89. The Bertz CT molecular complexity index is 895. The van der Waals surface area contributed by atoms with Gasteiger partial charge in [0.05, 0.1) is 7.11 Å². The molecule has 31 heavy (non-hydrogen) atoms. The van der Waals surface area contributed by atoms with Crippen molar-refractivity contribution in [2.24, 2.45) is 0 Å². The molecule has 0 aliphatic heterocycles. The number of methoxy groups -OCH3 is 3. The summed E-state index contributed by atoms with van der Waals surface area (Å²) in [5.74, 6) is -0.835. The smallest absolute Gasteiger partial charge is 0.318 e. The zero-order chi connectivity index (χ0) is 23.0. The molecule has 1 heterocycles. The quantitative estimate of drug-likeness (QED) is 0.281. The predicted molar refractivity (Wildman–Crippen MR) is 116 cm³/mol. The van der Waals surface area contributed by atoms with Crippen molar-refractivity contribution in [3.63, 3.8) is 0 Å². The zero-order valence-corrected chi connectivity index (χ0v) is 18.7. The number of hydrogen-bond donors (Lipinski definition) is 0. The zero-order valence-electron chi connectivity index (χ0n) is 18.7. The lowest BCUT2D eigenvalue weighted by atomic mass is 9.94. The van der Waals surface area contributed by atoms with Gasteiger partial charge in [0.1, 0.15) is 17.3 Å². The van der Waals surface area contributed by atoms with E-state index in [0.29, 0.717) is 29.0 Å². The summed E-state index contributed by atoms with van der Waals surface area (Å²) in [5, 5.41) is 0. The Morgan fingerprint density at radius 2 is 1.90 bits per heavy atom. The minimum atomic E-state index is -1.61. The van der Waals surface area contributed by atoms with Gasteiger partial charge in [0.25, 0.3) is 0 Å². The van der Waals surface area contributed by atoms with Gasteiger partial charge in [0, 0.05) is 38.0 Å². The van der Waals surface area contributed by atoms with Crippen LogP contribution in [0.3, 0.4) is 0 Å². The number of pyridine rings is 1. The topological polar surface area (TPSA) is 66.9 Å². The summed E-state index contributed by atoms with van der Waals surface area (Å²) in [6, 6.07) is 10.3. The lowest BCUT2D eigenvalue weighted by Crippen LogP contribution is -2.30. The Labute approximate surface area is 183 Å². The first-order valence-corrected chi connectivity index (χ1v) is 10.0. The summed E-state index contributed by atoms with van der Waals surface area (Å²) in [7, 11) is 4.17. The van der Waals surface area contributed by atoms with Crippen LogP contribution in [0.25, 0.3) is 0 Å². The molecule has 0 amide bonds. The first-order chi connectivity index (χ1) is 14.8. The summed E-state index contributed by atoms with van der Waals surface area (Å²) in [5.41, 5.74) is 0.0252. The van der Waals surface area contributed by atoms with Crippen LogP contribution >= 0.6 is 0 Å². The van der Waals surface area contributed by atoms with Crippen LogP contribution in [0.4, 0.5) is 4.39 Å². The van der Waals surface area contributed by atoms with E-state index in [1.54, 1.807) is 42.5 Å². The number of nitrogens with zero attached hydrogens (tertiary/aromatic N) is 1. The van der Waals surface area contributed by atoms with Gasteiger partial charge in [0.2, 0.25) is 5.88 Å². The molecule has 168 valence electrons. The fraction of sp³-hybridized carbons (Fsp3) is 0.417. The van der Waals surface area contributed by atoms with Gasteiger partial charge in [-0.1, -0.05) is 31.2 Å². The van der Waals surface area contributed by atoms with E-state index in [2.05, 4.69) is 11.6 Å². The number of carbonyl (C=O) groups is 1. The van der Waals surface area contributed by atoms with Crippen LogP contribution in [-0.4, -0.2) is 38.6 Å². The van der Waals surface area contributed by atoms with E-state index >= 15 is 4.39 Å². The minimum absolute atomic E-state index is 0.157. The number of rotatable bonds is 11. The second-order valence-electron chi connectivity index (χ2n) is 7.21. The van der Waals surface area contributed by atoms with Gasteiger partial charge in [-0.05, 0) is 31.0 Å². The van der Waals surface area contributed by atoms with E-state index in [1.165, 1.54) is 28.3 Å². The highest BCUT2D eigenvalue weighted by Crippen LogP contribution is 2.36. The van der Waals surface area contributed by atoms with E-state index in [4.69, 9.17) is 18.9 Å². The molecule has 7 heteroatoms. The molecule has 0 bridgehead atoms. The Balaban J connectivity index is 2.53. The molecule has 2 aromatic rings. The first-order valence-electron chi connectivity index (χ1n) is 10.0. The number of halogens is 1. The summed E-state index contributed by atoms with van der Waals surface area (Å²) in [6.07, 6.45) is 1.42. The number of esters is 1. The lowest BCUT2D eigenvalue weighted by molar-refractivity contribution is -0.163. The highest BCUT2D eigenvalue weighted by atomic mass is 19.1. The summed E-state index contributed by atoms with van der Waals surface area (Å²) in [4.78, 5) is 17.0. The number of alkyl halides is 1. The lowest BCUT2D eigenvalue weighted by Gasteiger charge is -2.25. The number of carbonyl (C=O) groups excluding carboxylic acids is 1. The molecule has 0 radical (unpaired) electrons. The maximum absolute atomic E-state index is 15.2. The summed E-state index contributed by atoms with van der Waals surface area (Å²) >= 11 is 0. The molecule has 1 aromatic carbocycles. The van der Waals surface area contributed by atoms with Crippen LogP contribution in [0, 0.1) is 0 Å². The Hall–Kier alpha value is -2.77. The maximum Gasteiger partial charge on any atom is 0.318 e. The number of hydrogen-bond acceptors (Lipinski definition) is 6. The SMILES string of the molecule is C=CCC(C)(F)c1cc(CC)nc(Oc2ccccc2C(C(=O)OC)C(OC)OC)c1. The van der Waals surface area contributed by atoms with Crippen LogP contribution in [0.2, 0.25) is 0 Å². The van der Waals surface area contributed by atoms with Crippen LogP contribution < -0.4 is 4.74 Å². The average molecular weight is 432 g/mol. The maximum atomic E-state index is 15.2. The normalized spacial score (nSPS) is 14.0. The monoisotopic (exact) mass is 431 g/mol. The van der Waals surface area contributed by atoms with Crippen LogP contribution in [0.15, 0.2) is 49.1 Å². The molecule has 0 N–H and O–H groups in total. The third-order valence-electron chi connectivity index (χ3n) is 5.01. The van der Waals surface area contributed by atoms with E-state index in [0.717, 1.165) is 0 Å². The van der Waals surface area contributed by atoms with Gasteiger partial charge in [-0.15, -0.1) is 6.58 Å². The van der Waals surface area contributed by atoms with Gasteiger partial charge in [0.15, 0.2) is 6.29 Å². The molecule has 0 spiro atoms. The molecule has 0 saturated carbocycles. The number of allylic oxidation sites excluding steroid dienone is 1. The first kappa shape index (κ1) is 24.5. The number of benzene rings is 1. The number of ether oxygens (including phenoxy) is 4. The highest BCUT2D eigenvalue weighted by molar-refractivity contribution is 5.79. The molecule has 2 rings (SSSR count). The van der Waals surface area contributed by atoms with Crippen molar-refractivity contribution in [3.8, 4) is 11.6 Å². The molecular weight excluding hydrogens is 401 g/mol. The van der Waals surface area contributed by atoms with Crippen molar-refractivity contribution in [1.29, 1.82) is 0 Å². The van der Waals surface area contributed by atoms with Crippen LogP contribution in [0.1, 0.15) is 43.0 Å². The van der Waals surface area contributed by atoms with E-state index in [9.17, 15) is 4.79 Å². The Morgan fingerprint density at radius 1 is 1.23 bits per heavy atom. The van der Waals surface area contributed by atoms with Crippen molar-refractivity contribution >= 4 is 5.97 Å². The van der Waals surface area contributed by atoms with E-state index < -0.39 is 23.8 Å². The predicted octanol–water partition coefficient (Wildman–Crippen LogP) is 5.07. The fourth-order valence-electron chi connectivity index (χ4n) is 3.31. The molecule has 2 unspecified atom stereocenters. The highest BCUT2D eigenvalue weighted by Gasteiger charge is 2.34. The van der Waals surface area contributed by atoms with Crippen LogP contribution in [0.5, 0.6) is 11.6 Å². The Morgan fingerprint density at radius 3 is 2.48 bits per heavy atom.